The average Bonchev–Trinajstić information content (AvgIpc) is 3.13. The van der Waals surface area contributed by atoms with Crippen LogP contribution in [0.4, 0.5) is 13.2 Å². The highest BCUT2D eigenvalue weighted by atomic mass is 32.1. The lowest BCUT2D eigenvalue weighted by molar-refractivity contribution is -0.137. The fraction of sp³-hybridized carbons (Fsp3) is 0.278. The first-order valence-electron chi connectivity index (χ1n) is 7.71. The van der Waals surface area contributed by atoms with Gasteiger partial charge in [0.1, 0.15) is 6.10 Å². The van der Waals surface area contributed by atoms with Crippen LogP contribution in [0.3, 0.4) is 0 Å². The van der Waals surface area contributed by atoms with Gasteiger partial charge in [-0.05, 0) is 46.2 Å². The molecule has 0 spiro atoms. The van der Waals surface area contributed by atoms with Crippen LogP contribution in [0.5, 0.6) is 0 Å². The average molecular weight is 367 g/mol. The molecule has 2 aromatic rings. The van der Waals surface area contributed by atoms with Gasteiger partial charge in [0.25, 0.3) is 0 Å². The molecule has 25 heavy (non-hydrogen) atoms. The van der Waals surface area contributed by atoms with Gasteiger partial charge in [0.2, 0.25) is 5.91 Å². The molecule has 0 saturated carbocycles. The summed E-state index contributed by atoms with van der Waals surface area (Å²) in [5.74, 6) is -0.133. The Morgan fingerprint density at radius 2 is 2.00 bits per heavy atom. The molecule has 1 fully saturated rings. The maximum Gasteiger partial charge on any atom is 0.416 e. The number of hydrogen-bond donors (Lipinski definition) is 0. The Morgan fingerprint density at radius 1 is 1.24 bits per heavy atom. The molecule has 1 aromatic carbocycles. The van der Waals surface area contributed by atoms with Gasteiger partial charge in [-0.1, -0.05) is 12.1 Å². The minimum absolute atomic E-state index is 0.133. The highest BCUT2D eigenvalue weighted by Gasteiger charge is 2.31. The maximum absolute atomic E-state index is 12.6. The Bertz CT molecular complexity index is 739. The Balaban J connectivity index is 1.65. The van der Waals surface area contributed by atoms with Crippen LogP contribution >= 0.6 is 11.3 Å². The molecule has 2 heterocycles. The van der Waals surface area contributed by atoms with Gasteiger partial charge in [0.15, 0.2) is 0 Å². The van der Waals surface area contributed by atoms with E-state index in [0.717, 1.165) is 17.7 Å². The van der Waals surface area contributed by atoms with Crippen molar-refractivity contribution in [2.75, 3.05) is 19.7 Å². The molecule has 132 valence electrons. The molecular formula is C18H16F3NO2S. The molecule has 0 N–H and O–H groups in total. The molecule has 1 aliphatic heterocycles. The van der Waals surface area contributed by atoms with Crippen molar-refractivity contribution in [1.29, 1.82) is 0 Å². The lowest BCUT2D eigenvalue weighted by atomic mass is 10.1. The number of carbonyl (C=O) groups excluding carboxylic acids is 1. The van der Waals surface area contributed by atoms with E-state index < -0.39 is 17.8 Å². The summed E-state index contributed by atoms with van der Waals surface area (Å²) in [5.41, 5.74) is 0.900. The first-order valence-corrected chi connectivity index (χ1v) is 8.66. The van der Waals surface area contributed by atoms with Crippen LogP contribution in [-0.4, -0.2) is 30.5 Å². The SMILES string of the molecule is O=C(/C=C/c1ccsc1)N1CCOC(c2ccc(C(F)(F)F)cc2)C1. The van der Waals surface area contributed by atoms with Crippen molar-refractivity contribution in [1.82, 2.24) is 4.90 Å². The Hall–Kier alpha value is -2.12. The van der Waals surface area contributed by atoms with Crippen LogP contribution in [0.1, 0.15) is 22.8 Å². The summed E-state index contributed by atoms with van der Waals surface area (Å²) in [6, 6.07) is 6.80. The summed E-state index contributed by atoms with van der Waals surface area (Å²) in [7, 11) is 0. The molecule has 3 rings (SSSR count). The number of alkyl halides is 3. The normalized spacial score (nSPS) is 18.7. The predicted octanol–water partition coefficient (Wildman–Crippen LogP) is 4.38. The summed E-state index contributed by atoms with van der Waals surface area (Å²) in [6.45, 7) is 1.13. The van der Waals surface area contributed by atoms with E-state index in [0.29, 0.717) is 25.3 Å². The first kappa shape index (κ1) is 17.7. The predicted molar refractivity (Wildman–Crippen MR) is 90.1 cm³/mol. The van der Waals surface area contributed by atoms with Gasteiger partial charge in [-0.2, -0.15) is 24.5 Å². The molecule has 1 aromatic heterocycles. The van der Waals surface area contributed by atoms with Gasteiger partial charge in [-0.25, -0.2) is 0 Å². The number of halogens is 3. The van der Waals surface area contributed by atoms with Gasteiger partial charge in [0, 0.05) is 12.6 Å². The summed E-state index contributed by atoms with van der Waals surface area (Å²) < 4.78 is 43.5. The van der Waals surface area contributed by atoms with Crippen LogP contribution in [0.15, 0.2) is 47.2 Å². The van der Waals surface area contributed by atoms with Gasteiger partial charge in [-0.3, -0.25) is 4.79 Å². The molecule has 1 aliphatic rings. The monoisotopic (exact) mass is 367 g/mol. The van der Waals surface area contributed by atoms with E-state index in [1.807, 2.05) is 16.8 Å². The van der Waals surface area contributed by atoms with Crippen molar-refractivity contribution in [3.05, 3.63) is 63.9 Å². The third-order valence-corrected chi connectivity index (χ3v) is 4.65. The van der Waals surface area contributed by atoms with E-state index in [-0.39, 0.29) is 5.91 Å². The number of amides is 1. The lowest BCUT2D eigenvalue weighted by Crippen LogP contribution is -2.41. The van der Waals surface area contributed by atoms with Crippen molar-refractivity contribution >= 4 is 23.3 Å². The number of carbonyl (C=O) groups is 1. The fourth-order valence-electron chi connectivity index (χ4n) is 2.58. The third-order valence-electron chi connectivity index (χ3n) is 3.95. The first-order chi connectivity index (χ1) is 11.9. The standard InChI is InChI=1S/C18H16F3NO2S/c19-18(20,21)15-4-2-14(3-5-15)16-11-22(8-9-24-16)17(23)6-1-13-7-10-25-12-13/h1-7,10,12,16H,8-9,11H2/b6-1+. The Kier molecular flexibility index (Phi) is 5.24. The number of ether oxygens (including phenoxy) is 1. The fourth-order valence-corrected chi connectivity index (χ4v) is 3.21. The number of benzene rings is 1. The number of hydrogen-bond acceptors (Lipinski definition) is 3. The largest absolute Gasteiger partial charge is 0.416 e. The van der Waals surface area contributed by atoms with E-state index in [1.165, 1.54) is 18.2 Å². The quantitative estimate of drug-likeness (QED) is 0.754. The van der Waals surface area contributed by atoms with Gasteiger partial charge >= 0.3 is 6.18 Å². The number of thiophene rings is 1. The summed E-state index contributed by atoms with van der Waals surface area (Å²) in [4.78, 5) is 13.9. The minimum atomic E-state index is -4.36. The topological polar surface area (TPSA) is 29.5 Å². The molecule has 0 aliphatic carbocycles. The zero-order chi connectivity index (χ0) is 17.9. The summed E-state index contributed by atoms with van der Waals surface area (Å²) in [5, 5.41) is 3.87. The summed E-state index contributed by atoms with van der Waals surface area (Å²) in [6.07, 6.45) is -1.52. The molecule has 3 nitrogen and oxygen atoms in total. The molecule has 1 atom stereocenters. The zero-order valence-corrected chi connectivity index (χ0v) is 14.0. The smallest absolute Gasteiger partial charge is 0.370 e. The second-order valence-electron chi connectivity index (χ2n) is 5.65. The molecule has 7 heteroatoms. The van der Waals surface area contributed by atoms with Crippen molar-refractivity contribution in [3.63, 3.8) is 0 Å². The molecule has 1 saturated heterocycles. The minimum Gasteiger partial charge on any atom is -0.370 e. The highest BCUT2D eigenvalue weighted by molar-refractivity contribution is 7.08. The molecule has 0 radical (unpaired) electrons. The van der Waals surface area contributed by atoms with E-state index in [4.69, 9.17) is 4.74 Å². The molecule has 1 unspecified atom stereocenters. The Morgan fingerprint density at radius 3 is 2.64 bits per heavy atom. The lowest BCUT2D eigenvalue weighted by Gasteiger charge is -2.32. The van der Waals surface area contributed by atoms with Crippen LogP contribution in [0.25, 0.3) is 6.08 Å². The summed E-state index contributed by atoms with van der Waals surface area (Å²) >= 11 is 1.55. The second-order valence-corrected chi connectivity index (χ2v) is 6.43. The maximum atomic E-state index is 12.6. The van der Waals surface area contributed by atoms with E-state index >= 15 is 0 Å². The van der Waals surface area contributed by atoms with Crippen LogP contribution in [0, 0.1) is 0 Å². The van der Waals surface area contributed by atoms with Crippen LogP contribution in [-0.2, 0) is 15.7 Å². The van der Waals surface area contributed by atoms with Crippen molar-refractivity contribution in [3.8, 4) is 0 Å². The zero-order valence-electron chi connectivity index (χ0n) is 13.2. The van der Waals surface area contributed by atoms with E-state index in [1.54, 1.807) is 22.3 Å². The third kappa shape index (κ3) is 4.49. The van der Waals surface area contributed by atoms with Crippen LogP contribution < -0.4 is 0 Å². The van der Waals surface area contributed by atoms with Crippen molar-refractivity contribution in [2.24, 2.45) is 0 Å². The van der Waals surface area contributed by atoms with Crippen LogP contribution in [0.2, 0.25) is 0 Å². The molecule has 1 amide bonds. The Labute approximate surface area is 147 Å². The molecular weight excluding hydrogens is 351 g/mol. The van der Waals surface area contributed by atoms with Crippen molar-refractivity contribution in [2.45, 2.75) is 12.3 Å². The van der Waals surface area contributed by atoms with Gasteiger partial charge < -0.3 is 9.64 Å². The van der Waals surface area contributed by atoms with Crippen molar-refractivity contribution < 1.29 is 22.7 Å². The van der Waals surface area contributed by atoms with Gasteiger partial charge in [0.05, 0.1) is 18.7 Å². The highest BCUT2D eigenvalue weighted by Crippen LogP contribution is 2.31. The number of nitrogens with zero attached hydrogens (tertiary/aromatic N) is 1. The number of morpholine rings is 1. The molecule has 0 bridgehead atoms. The second kappa shape index (κ2) is 7.41. The number of rotatable bonds is 3. The van der Waals surface area contributed by atoms with E-state index in [9.17, 15) is 18.0 Å². The van der Waals surface area contributed by atoms with Gasteiger partial charge in [-0.15, -0.1) is 0 Å². The van der Waals surface area contributed by atoms with E-state index in [2.05, 4.69) is 0 Å².